The highest BCUT2D eigenvalue weighted by atomic mass is 32.1. The minimum Gasteiger partial charge on any atom is -0.383 e. The molecule has 1 atom stereocenters. The molecule has 0 fully saturated rings. The first kappa shape index (κ1) is 24.1. The minimum absolute atomic E-state index is 0.592. The van der Waals surface area contributed by atoms with Gasteiger partial charge in [0.1, 0.15) is 5.01 Å². The summed E-state index contributed by atoms with van der Waals surface area (Å²) >= 11 is 1.73. The summed E-state index contributed by atoms with van der Waals surface area (Å²) in [5.74, 6) is 0.592. The first-order valence-corrected chi connectivity index (χ1v) is 12.2. The largest absolute Gasteiger partial charge is 0.383 e. The van der Waals surface area contributed by atoms with Gasteiger partial charge in [-0.25, -0.2) is 4.98 Å². The van der Waals surface area contributed by atoms with Crippen molar-refractivity contribution in [3.8, 4) is 27.1 Å². The van der Waals surface area contributed by atoms with Crippen LogP contribution < -0.4 is 5.73 Å². The summed E-state index contributed by atoms with van der Waals surface area (Å²) in [6.07, 6.45) is 7.69. The van der Waals surface area contributed by atoms with E-state index in [0.29, 0.717) is 19.1 Å². The van der Waals surface area contributed by atoms with Gasteiger partial charge in [0.05, 0.1) is 23.1 Å². The lowest BCUT2D eigenvalue weighted by molar-refractivity contribution is 0.207. The number of aromatic nitrogens is 1. The van der Waals surface area contributed by atoms with Crippen LogP contribution in [-0.4, -0.2) is 25.2 Å². The molecule has 0 bridgehead atoms. The Balaban J connectivity index is 0.000000523. The fourth-order valence-electron chi connectivity index (χ4n) is 4.01. The number of ether oxygens (including phenoxy) is 1. The second-order valence-corrected chi connectivity index (χ2v) is 9.34. The lowest BCUT2D eigenvalue weighted by atomic mass is 9.94. The van der Waals surface area contributed by atoms with Gasteiger partial charge in [-0.3, -0.25) is 0 Å². The molecule has 2 N–H and O–H groups in total. The summed E-state index contributed by atoms with van der Waals surface area (Å²) in [5.41, 5.74) is 12.3. The van der Waals surface area contributed by atoms with Gasteiger partial charge in [-0.2, -0.15) is 5.26 Å². The standard InChI is InChI=1S/C24H24N2S.C3H9NO/c1-3-16(2)12-18-10-11-19(13-20(18)14-25)24-26-15-23(27-24)22-9-5-7-17-6-4-8-21(17)22;1-5-3-2-4/h5,7,9-11,13,15-16H,3-4,6,8,12H2,1-2H3;2-4H2,1H3. The molecule has 1 heterocycles. The van der Waals surface area contributed by atoms with Gasteiger partial charge in [0.15, 0.2) is 0 Å². The molecule has 5 heteroatoms. The highest BCUT2D eigenvalue weighted by Gasteiger charge is 2.17. The number of hydrogen-bond acceptors (Lipinski definition) is 5. The van der Waals surface area contributed by atoms with E-state index in [0.717, 1.165) is 34.5 Å². The molecule has 3 aromatic rings. The fourth-order valence-corrected chi connectivity index (χ4v) is 4.98. The zero-order valence-corrected chi connectivity index (χ0v) is 20.2. The van der Waals surface area contributed by atoms with Crippen molar-refractivity contribution in [1.82, 2.24) is 4.98 Å². The van der Waals surface area contributed by atoms with Crippen LogP contribution in [0, 0.1) is 17.2 Å². The maximum absolute atomic E-state index is 9.60. The Hall–Kier alpha value is -2.52. The Labute approximate surface area is 196 Å². The van der Waals surface area contributed by atoms with E-state index in [2.05, 4.69) is 60.0 Å². The third kappa shape index (κ3) is 5.83. The van der Waals surface area contributed by atoms with Crippen molar-refractivity contribution in [1.29, 1.82) is 5.26 Å². The Bertz CT molecular complexity index is 1070. The van der Waals surface area contributed by atoms with Crippen LogP contribution >= 0.6 is 11.3 Å². The van der Waals surface area contributed by atoms with Crippen molar-refractivity contribution < 1.29 is 4.74 Å². The maximum Gasteiger partial charge on any atom is 0.123 e. The molecule has 1 aromatic heterocycles. The number of methoxy groups -OCH3 is 1. The maximum atomic E-state index is 9.60. The Morgan fingerprint density at radius 2 is 2.09 bits per heavy atom. The summed E-state index contributed by atoms with van der Waals surface area (Å²) in [6.45, 7) is 5.72. The number of thiazole rings is 1. The zero-order valence-electron chi connectivity index (χ0n) is 19.4. The average Bonchev–Trinajstić information content (AvgIpc) is 3.50. The lowest BCUT2D eigenvalue weighted by Crippen LogP contribution is -2.05. The Kier molecular flexibility index (Phi) is 8.99. The first-order valence-electron chi connectivity index (χ1n) is 11.4. The third-order valence-electron chi connectivity index (χ3n) is 5.98. The molecule has 4 rings (SSSR count). The molecule has 0 amide bonds. The van der Waals surface area contributed by atoms with E-state index < -0.39 is 0 Å². The summed E-state index contributed by atoms with van der Waals surface area (Å²) in [4.78, 5) is 5.91. The van der Waals surface area contributed by atoms with E-state index in [9.17, 15) is 5.26 Å². The van der Waals surface area contributed by atoms with Gasteiger partial charge in [0.2, 0.25) is 0 Å². The van der Waals surface area contributed by atoms with E-state index in [1.165, 1.54) is 40.8 Å². The van der Waals surface area contributed by atoms with Gasteiger partial charge in [0.25, 0.3) is 0 Å². The topological polar surface area (TPSA) is 71.9 Å². The van der Waals surface area contributed by atoms with Crippen LogP contribution in [0.25, 0.3) is 21.0 Å². The second-order valence-electron chi connectivity index (χ2n) is 8.31. The summed E-state index contributed by atoms with van der Waals surface area (Å²) < 4.78 is 4.57. The molecule has 0 saturated carbocycles. The number of rotatable bonds is 7. The minimum atomic E-state index is 0.592. The van der Waals surface area contributed by atoms with Gasteiger partial charge < -0.3 is 10.5 Å². The molecule has 0 radical (unpaired) electrons. The van der Waals surface area contributed by atoms with Crippen LogP contribution in [0.4, 0.5) is 0 Å². The van der Waals surface area contributed by atoms with Gasteiger partial charge >= 0.3 is 0 Å². The molecule has 0 saturated heterocycles. The van der Waals surface area contributed by atoms with Crippen molar-refractivity contribution in [2.75, 3.05) is 20.3 Å². The van der Waals surface area contributed by atoms with E-state index in [-0.39, 0.29) is 0 Å². The average molecular weight is 448 g/mol. The van der Waals surface area contributed by atoms with Crippen LogP contribution in [0.3, 0.4) is 0 Å². The Morgan fingerprint density at radius 1 is 1.25 bits per heavy atom. The molecule has 0 aliphatic heterocycles. The molecule has 0 spiro atoms. The number of aryl methyl sites for hydroxylation is 1. The molecule has 32 heavy (non-hydrogen) atoms. The first-order chi connectivity index (χ1) is 15.6. The normalized spacial score (nSPS) is 13.1. The van der Waals surface area contributed by atoms with E-state index in [4.69, 9.17) is 5.73 Å². The highest BCUT2D eigenvalue weighted by molar-refractivity contribution is 7.18. The number of nitrogens with two attached hydrogens (primary N) is 1. The van der Waals surface area contributed by atoms with Crippen LogP contribution in [0.5, 0.6) is 0 Å². The van der Waals surface area contributed by atoms with Gasteiger partial charge in [-0.15, -0.1) is 11.3 Å². The summed E-state index contributed by atoms with van der Waals surface area (Å²) in [5, 5.41) is 10.6. The van der Waals surface area contributed by atoms with Gasteiger partial charge in [0, 0.05) is 25.4 Å². The number of fused-ring (bicyclic) bond motifs is 1. The van der Waals surface area contributed by atoms with E-state index in [1.54, 1.807) is 18.4 Å². The van der Waals surface area contributed by atoms with Crippen molar-refractivity contribution in [3.63, 3.8) is 0 Å². The Morgan fingerprint density at radius 3 is 2.78 bits per heavy atom. The predicted octanol–water partition coefficient (Wildman–Crippen LogP) is 6.02. The monoisotopic (exact) mass is 447 g/mol. The molecule has 1 unspecified atom stereocenters. The zero-order chi connectivity index (χ0) is 22.9. The molecular weight excluding hydrogens is 414 g/mol. The fraction of sp³-hybridized carbons (Fsp3) is 0.407. The van der Waals surface area contributed by atoms with Crippen molar-refractivity contribution in [2.24, 2.45) is 11.7 Å². The number of benzene rings is 2. The van der Waals surface area contributed by atoms with E-state index >= 15 is 0 Å². The number of nitrogens with zero attached hydrogens (tertiary/aromatic N) is 2. The molecule has 1 aliphatic carbocycles. The number of hydrogen-bond donors (Lipinski definition) is 1. The van der Waals surface area contributed by atoms with Gasteiger partial charge in [-0.1, -0.05) is 50.6 Å². The lowest BCUT2D eigenvalue weighted by Gasteiger charge is -2.10. The van der Waals surface area contributed by atoms with E-state index in [1.807, 2.05) is 12.3 Å². The second kappa shape index (κ2) is 11.9. The summed E-state index contributed by atoms with van der Waals surface area (Å²) in [7, 11) is 1.63. The smallest absolute Gasteiger partial charge is 0.123 e. The SMILES string of the molecule is CCC(C)Cc1ccc(-c2ncc(-c3cccc4c3CCC4)s2)cc1C#N.COCCN. The summed E-state index contributed by atoms with van der Waals surface area (Å²) in [6, 6.07) is 15.3. The third-order valence-corrected chi connectivity index (χ3v) is 7.06. The molecule has 1 aliphatic rings. The highest BCUT2D eigenvalue weighted by Crippen LogP contribution is 2.38. The molecule has 4 nitrogen and oxygen atoms in total. The quantitative estimate of drug-likeness (QED) is 0.481. The predicted molar refractivity (Wildman–Crippen MR) is 134 cm³/mol. The number of nitriles is 1. The van der Waals surface area contributed by atoms with Crippen molar-refractivity contribution in [3.05, 3.63) is 64.8 Å². The van der Waals surface area contributed by atoms with Gasteiger partial charge in [-0.05, 0) is 59.9 Å². The van der Waals surface area contributed by atoms with Crippen molar-refractivity contribution >= 4 is 11.3 Å². The van der Waals surface area contributed by atoms with Crippen LogP contribution in [0.1, 0.15) is 48.9 Å². The van der Waals surface area contributed by atoms with Crippen LogP contribution in [0.15, 0.2) is 42.6 Å². The molecule has 2 aromatic carbocycles. The molecular formula is C27H33N3OS. The molecule has 168 valence electrons. The van der Waals surface area contributed by atoms with Crippen LogP contribution in [0.2, 0.25) is 0 Å². The van der Waals surface area contributed by atoms with Crippen LogP contribution in [-0.2, 0) is 24.0 Å². The van der Waals surface area contributed by atoms with Crippen molar-refractivity contribution in [2.45, 2.75) is 46.0 Å².